The van der Waals surface area contributed by atoms with Crippen molar-refractivity contribution in [3.05, 3.63) is 27.9 Å². The van der Waals surface area contributed by atoms with E-state index in [9.17, 15) is 10.1 Å². The van der Waals surface area contributed by atoms with Crippen LogP contribution >= 0.6 is 0 Å². The van der Waals surface area contributed by atoms with E-state index in [-0.39, 0.29) is 23.5 Å². The summed E-state index contributed by atoms with van der Waals surface area (Å²) in [6, 6.07) is 4.48. The van der Waals surface area contributed by atoms with Crippen LogP contribution in [0.4, 0.5) is 11.5 Å². The first-order valence-corrected chi connectivity index (χ1v) is 6.20. The van der Waals surface area contributed by atoms with E-state index < -0.39 is 4.92 Å². The molecule has 2 heterocycles. The van der Waals surface area contributed by atoms with E-state index in [1.807, 2.05) is 11.8 Å². The molecule has 8 nitrogen and oxygen atoms in total. The van der Waals surface area contributed by atoms with E-state index in [1.165, 1.54) is 6.07 Å². The second-order valence-corrected chi connectivity index (χ2v) is 4.62. The fourth-order valence-electron chi connectivity index (χ4n) is 2.05. The molecule has 2 N–H and O–H groups in total. The van der Waals surface area contributed by atoms with Crippen LogP contribution in [0, 0.1) is 21.4 Å². The van der Waals surface area contributed by atoms with Crippen LogP contribution in [-0.2, 0) is 4.74 Å². The second-order valence-electron chi connectivity index (χ2n) is 4.62. The Morgan fingerprint density at radius 2 is 2.45 bits per heavy atom. The summed E-state index contributed by atoms with van der Waals surface area (Å²) in [5, 5.41) is 19.7. The highest BCUT2D eigenvalue weighted by atomic mass is 16.6. The van der Waals surface area contributed by atoms with Gasteiger partial charge >= 0.3 is 5.69 Å². The van der Waals surface area contributed by atoms with Crippen molar-refractivity contribution < 1.29 is 9.66 Å². The molecule has 106 valence electrons. The third-order valence-corrected chi connectivity index (χ3v) is 3.17. The molecule has 20 heavy (non-hydrogen) atoms. The van der Waals surface area contributed by atoms with Gasteiger partial charge in [-0.25, -0.2) is 4.98 Å². The van der Waals surface area contributed by atoms with Crippen LogP contribution in [0.2, 0.25) is 0 Å². The highest BCUT2D eigenvalue weighted by Gasteiger charge is 2.25. The van der Waals surface area contributed by atoms with Crippen LogP contribution in [0.25, 0.3) is 0 Å². The maximum atomic E-state index is 10.8. The number of aromatic nitrogens is 1. The maximum absolute atomic E-state index is 10.8. The monoisotopic (exact) mass is 277 g/mol. The minimum Gasteiger partial charge on any atom is -0.373 e. The fraction of sp³-hybridized carbons (Fsp3) is 0.500. The van der Waals surface area contributed by atoms with E-state index in [0.717, 1.165) is 0 Å². The molecule has 0 saturated carbocycles. The van der Waals surface area contributed by atoms with Gasteiger partial charge in [0.05, 0.1) is 17.6 Å². The second kappa shape index (κ2) is 5.81. The normalized spacial score (nSPS) is 20.2. The van der Waals surface area contributed by atoms with Gasteiger partial charge in [-0.3, -0.25) is 10.1 Å². The van der Waals surface area contributed by atoms with Crippen LogP contribution < -0.4 is 10.6 Å². The van der Waals surface area contributed by atoms with Gasteiger partial charge in [0.25, 0.3) is 0 Å². The van der Waals surface area contributed by atoms with Crippen LogP contribution in [0.5, 0.6) is 0 Å². The summed E-state index contributed by atoms with van der Waals surface area (Å²) >= 11 is 0. The van der Waals surface area contributed by atoms with Crippen molar-refractivity contribution in [1.82, 2.24) is 4.98 Å². The van der Waals surface area contributed by atoms with Gasteiger partial charge in [-0.2, -0.15) is 5.26 Å². The van der Waals surface area contributed by atoms with E-state index in [1.54, 1.807) is 12.1 Å². The molecule has 1 saturated heterocycles. The first kappa shape index (κ1) is 14.2. The lowest BCUT2D eigenvalue weighted by molar-refractivity contribution is -0.385. The molecule has 1 aliphatic heterocycles. The Morgan fingerprint density at radius 1 is 1.70 bits per heavy atom. The molecule has 8 heteroatoms. The van der Waals surface area contributed by atoms with Crippen molar-refractivity contribution in [3.63, 3.8) is 0 Å². The molecule has 0 spiro atoms. The standard InChI is InChI=1S/C12H15N5O3/c1-8(14)11-7-16(4-5-20-11)12-3-2-10(17(18)19)9(6-13)15-12/h2-3,8,11H,4-5,7,14H2,1H3. The van der Waals surface area contributed by atoms with Gasteiger partial charge in [0.2, 0.25) is 5.69 Å². The van der Waals surface area contributed by atoms with Gasteiger partial charge < -0.3 is 15.4 Å². The van der Waals surface area contributed by atoms with Gasteiger partial charge in [0.1, 0.15) is 11.9 Å². The van der Waals surface area contributed by atoms with Gasteiger partial charge in [-0.05, 0) is 13.0 Å². The zero-order valence-electron chi connectivity index (χ0n) is 11.0. The first-order valence-electron chi connectivity index (χ1n) is 6.20. The van der Waals surface area contributed by atoms with Crippen LogP contribution in [-0.4, -0.2) is 41.7 Å². The van der Waals surface area contributed by atoms with Crippen molar-refractivity contribution in [2.45, 2.75) is 19.1 Å². The van der Waals surface area contributed by atoms with Gasteiger partial charge in [0, 0.05) is 25.2 Å². The number of hydrogen-bond donors (Lipinski definition) is 1. The lowest BCUT2D eigenvalue weighted by atomic mass is 10.1. The molecule has 2 rings (SSSR count). The topological polar surface area (TPSA) is 118 Å². The Hall–Kier alpha value is -2.24. The number of anilines is 1. The lowest BCUT2D eigenvalue weighted by Crippen LogP contribution is -2.49. The number of morpholine rings is 1. The largest absolute Gasteiger partial charge is 0.373 e. The average Bonchev–Trinajstić information content (AvgIpc) is 2.46. The number of nitro groups is 1. The third-order valence-electron chi connectivity index (χ3n) is 3.17. The molecule has 1 aliphatic rings. The van der Waals surface area contributed by atoms with E-state index >= 15 is 0 Å². The Bertz CT molecular complexity index is 555. The lowest BCUT2D eigenvalue weighted by Gasteiger charge is -2.35. The highest BCUT2D eigenvalue weighted by molar-refractivity contribution is 5.51. The molecular weight excluding hydrogens is 262 g/mol. The summed E-state index contributed by atoms with van der Waals surface area (Å²) in [7, 11) is 0. The SMILES string of the molecule is CC(N)C1CN(c2ccc([N+](=O)[O-])c(C#N)n2)CCO1. The molecule has 0 aromatic carbocycles. The van der Waals surface area contributed by atoms with Crippen molar-refractivity contribution >= 4 is 11.5 Å². The predicted molar refractivity (Wildman–Crippen MR) is 71.2 cm³/mol. The molecule has 1 fully saturated rings. The quantitative estimate of drug-likeness (QED) is 0.628. The van der Waals surface area contributed by atoms with Crippen molar-refractivity contribution in [3.8, 4) is 6.07 Å². The maximum Gasteiger partial charge on any atom is 0.305 e. The number of pyridine rings is 1. The number of nitrogens with two attached hydrogens (primary N) is 1. The first-order chi connectivity index (χ1) is 9.52. The van der Waals surface area contributed by atoms with E-state index in [4.69, 9.17) is 15.7 Å². The average molecular weight is 277 g/mol. The number of ether oxygens (including phenoxy) is 1. The van der Waals surface area contributed by atoms with Crippen molar-refractivity contribution in [2.24, 2.45) is 5.73 Å². The number of nitrogens with zero attached hydrogens (tertiary/aromatic N) is 4. The highest BCUT2D eigenvalue weighted by Crippen LogP contribution is 2.22. The zero-order chi connectivity index (χ0) is 14.7. The zero-order valence-corrected chi connectivity index (χ0v) is 11.0. The van der Waals surface area contributed by atoms with E-state index in [0.29, 0.717) is 25.5 Å². The molecule has 0 aliphatic carbocycles. The summed E-state index contributed by atoms with van der Waals surface area (Å²) in [4.78, 5) is 16.1. The molecule has 1 aromatic heterocycles. The minimum absolute atomic E-state index is 0.119. The van der Waals surface area contributed by atoms with Gasteiger partial charge in [-0.15, -0.1) is 0 Å². The molecule has 0 bridgehead atoms. The van der Waals surface area contributed by atoms with Crippen LogP contribution in [0.1, 0.15) is 12.6 Å². The predicted octanol–water partition coefficient (Wildman–Crippen LogP) is 0.414. The van der Waals surface area contributed by atoms with Gasteiger partial charge in [0.15, 0.2) is 0 Å². The van der Waals surface area contributed by atoms with Crippen LogP contribution in [0.15, 0.2) is 12.1 Å². The number of nitriles is 1. The summed E-state index contributed by atoms with van der Waals surface area (Å²) < 4.78 is 5.54. The summed E-state index contributed by atoms with van der Waals surface area (Å²) in [6.07, 6.45) is -0.119. The fourth-order valence-corrected chi connectivity index (χ4v) is 2.05. The number of rotatable bonds is 3. The van der Waals surface area contributed by atoms with Gasteiger partial charge in [-0.1, -0.05) is 0 Å². The molecule has 1 aromatic rings. The third kappa shape index (κ3) is 2.84. The summed E-state index contributed by atoms with van der Waals surface area (Å²) in [5.41, 5.74) is 5.35. The Morgan fingerprint density at radius 3 is 3.05 bits per heavy atom. The molecule has 0 radical (unpaired) electrons. The van der Waals surface area contributed by atoms with Crippen molar-refractivity contribution in [1.29, 1.82) is 5.26 Å². The smallest absolute Gasteiger partial charge is 0.305 e. The molecular formula is C12H15N5O3. The van der Waals surface area contributed by atoms with E-state index in [2.05, 4.69) is 4.98 Å². The Kier molecular flexibility index (Phi) is 4.12. The summed E-state index contributed by atoms with van der Waals surface area (Å²) in [6.45, 7) is 3.52. The number of hydrogen-bond acceptors (Lipinski definition) is 7. The Balaban J connectivity index is 2.25. The molecule has 0 amide bonds. The summed E-state index contributed by atoms with van der Waals surface area (Å²) in [5.74, 6) is 0.529. The minimum atomic E-state index is -0.612. The van der Waals surface area contributed by atoms with Crippen molar-refractivity contribution in [2.75, 3.05) is 24.6 Å². The molecule has 2 atom stereocenters. The molecule has 2 unspecified atom stereocenters. The Labute approximate surface area is 115 Å². The van der Waals surface area contributed by atoms with Crippen LogP contribution in [0.3, 0.4) is 0 Å².